The number of carbonyl (C=O) groups excluding carboxylic acids is 1. The summed E-state index contributed by atoms with van der Waals surface area (Å²) in [4.78, 5) is 19.3. The Bertz CT molecular complexity index is 950. The molecule has 1 saturated carbocycles. The summed E-state index contributed by atoms with van der Waals surface area (Å²) >= 11 is 1.67. The van der Waals surface area contributed by atoms with E-state index < -0.39 is 0 Å². The molecule has 0 saturated heterocycles. The monoisotopic (exact) mass is 421 g/mol. The molecule has 6 heteroatoms. The molecular weight excluding hydrogens is 394 g/mol. The number of fused-ring (bicyclic) bond motifs is 1. The number of rotatable bonds is 6. The summed E-state index contributed by atoms with van der Waals surface area (Å²) in [5.74, 6) is 0.710. The lowest BCUT2D eigenvalue weighted by Crippen LogP contribution is -2.36. The van der Waals surface area contributed by atoms with Crippen molar-refractivity contribution in [1.29, 1.82) is 5.26 Å². The van der Waals surface area contributed by atoms with Gasteiger partial charge >= 0.3 is 0 Å². The van der Waals surface area contributed by atoms with E-state index in [-0.39, 0.29) is 12.5 Å². The SMILES string of the molecule is N#CCOc1ccc(C=Nc2sc3c(c2C(=O)NC2CCCCC2)CCCC3)cc1. The van der Waals surface area contributed by atoms with Crippen LogP contribution in [0.25, 0.3) is 0 Å². The number of hydrogen-bond acceptors (Lipinski definition) is 5. The van der Waals surface area contributed by atoms with Crippen LogP contribution in [0.15, 0.2) is 29.3 Å². The molecule has 0 spiro atoms. The quantitative estimate of drug-likeness (QED) is 0.640. The Kier molecular flexibility index (Phi) is 6.81. The van der Waals surface area contributed by atoms with E-state index in [1.807, 2.05) is 36.5 Å². The second-order valence-electron chi connectivity index (χ2n) is 7.97. The number of carbonyl (C=O) groups is 1. The minimum Gasteiger partial charge on any atom is -0.479 e. The fraction of sp³-hybridized carbons (Fsp3) is 0.458. The molecule has 156 valence electrons. The number of hydrogen-bond donors (Lipinski definition) is 1. The number of nitrogens with zero attached hydrogens (tertiary/aromatic N) is 2. The fourth-order valence-electron chi connectivity index (χ4n) is 4.28. The highest BCUT2D eigenvalue weighted by Gasteiger charge is 2.27. The summed E-state index contributed by atoms with van der Waals surface area (Å²) in [6, 6.07) is 9.73. The summed E-state index contributed by atoms with van der Waals surface area (Å²) in [7, 11) is 0. The summed E-state index contributed by atoms with van der Waals surface area (Å²) in [6.45, 7) is 0.0354. The molecule has 0 aliphatic heterocycles. The number of ether oxygens (including phenoxy) is 1. The first-order valence-corrected chi connectivity index (χ1v) is 11.7. The average Bonchev–Trinajstić information content (AvgIpc) is 3.16. The largest absolute Gasteiger partial charge is 0.479 e. The summed E-state index contributed by atoms with van der Waals surface area (Å²) in [6.07, 6.45) is 12.0. The minimum absolute atomic E-state index is 0.0354. The first-order valence-electron chi connectivity index (χ1n) is 10.8. The van der Waals surface area contributed by atoms with Gasteiger partial charge in [0, 0.05) is 17.1 Å². The van der Waals surface area contributed by atoms with Crippen LogP contribution in [0, 0.1) is 11.3 Å². The standard InChI is InChI=1S/C24H27N3O2S/c25-14-15-29-19-12-10-17(11-13-19)16-26-24-22(20-8-4-5-9-21(20)30-24)23(28)27-18-6-2-1-3-7-18/h10-13,16,18H,1-9,15H2,(H,27,28). The number of aliphatic imine (C=N–C) groups is 1. The van der Waals surface area contributed by atoms with Gasteiger partial charge in [-0.25, -0.2) is 4.99 Å². The van der Waals surface area contributed by atoms with Gasteiger partial charge in [-0.3, -0.25) is 4.79 Å². The zero-order valence-corrected chi connectivity index (χ0v) is 18.0. The van der Waals surface area contributed by atoms with E-state index >= 15 is 0 Å². The van der Waals surface area contributed by atoms with Crippen LogP contribution < -0.4 is 10.1 Å². The van der Waals surface area contributed by atoms with Crippen LogP contribution in [0.5, 0.6) is 5.75 Å². The van der Waals surface area contributed by atoms with Gasteiger partial charge in [-0.2, -0.15) is 5.26 Å². The van der Waals surface area contributed by atoms with E-state index in [0.29, 0.717) is 11.8 Å². The Balaban J connectivity index is 1.55. The van der Waals surface area contributed by atoms with Crippen molar-refractivity contribution in [3.63, 3.8) is 0 Å². The third-order valence-corrected chi connectivity index (χ3v) is 7.03. The van der Waals surface area contributed by atoms with Crippen molar-refractivity contribution in [2.75, 3.05) is 6.61 Å². The Morgan fingerprint density at radius 2 is 1.93 bits per heavy atom. The molecule has 1 aromatic carbocycles. The van der Waals surface area contributed by atoms with Gasteiger partial charge in [0.05, 0.1) is 5.56 Å². The Morgan fingerprint density at radius 1 is 1.17 bits per heavy atom. The van der Waals surface area contributed by atoms with Gasteiger partial charge in [0.2, 0.25) is 0 Å². The van der Waals surface area contributed by atoms with Crippen LogP contribution >= 0.6 is 11.3 Å². The molecule has 0 unspecified atom stereocenters. The zero-order valence-electron chi connectivity index (χ0n) is 17.2. The van der Waals surface area contributed by atoms with Crippen molar-refractivity contribution in [2.45, 2.75) is 63.8 Å². The summed E-state index contributed by atoms with van der Waals surface area (Å²) < 4.78 is 5.29. The second-order valence-corrected chi connectivity index (χ2v) is 9.06. The van der Waals surface area contributed by atoms with Crippen molar-refractivity contribution in [1.82, 2.24) is 5.32 Å². The lowest BCUT2D eigenvalue weighted by Gasteiger charge is -2.23. The first-order chi connectivity index (χ1) is 14.7. The molecule has 1 amide bonds. The van der Waals surface area contributed by atoms with Gasteiger partial charge in [0.25, 0.3) is 5.91 Å². The number of amides is 1. The number of thiophene rings is 1. The summed E-state index contributed by atoms with van der Waals surface area (Å²) in [5.41, 5.74) is 2.95. The van der Waals surface area contributed by atoms with Crippen LogP contribution in [-0.4, -0.2) is 24.8 Å². The lowest BCUT2D eigenvalue weighted by molar-refractivity contribution is 0.0927. The molecule has 30 heavy (non-hydrogen) atoms. The molecule has 1 fully saturated rings. The van der Waals surface area contributed by atoms with E-state index in [1.165, 1.54) is 36.1 Å². The number of nitriles is 1. The lowest BCUT2D eigenvalue weighted by atomic mass is 9.93. The highest BCUT2D eigenvalue weighted by molar-refractivity contribution is 7.16. The maximum absolute atomic E-state index is 13.2. The highest BCUT2D eigenvalue weighted by Crippen LogP contribution is 2.40. The molecule has 2 aliphatic rings. The molecular formula is C24H27N3O2S. The maximum atomic E-state index is 13.2. The molecule has 2 aliphatic carbocycles. The third kappa shape index (κ3) is 4.91. The molecule has 0 radical (unpaired) electrons. The smallest absolute Gasteiger partial charge is 0.254 e. The topological polar surface area (TPSA) is 74.5 Å². The van der Waals surface area contributed by atoms with Crippen molar-refractivity contribution in [2.24, 2.45) is 4.99 Å². The Hall–Kier alpha value is -2.65. The van der Waals surface area contributed by atoms with Crippen LogP contribution in [0.2, 0.25) is 0 Å². The minimum atomic E-state index is 0.0354. The summed E-state index contributed by atoms with van der Waals surface area (Å²) in [5, 5.41) is 12.7. The number of nitrogens with one attached hydrogen (secondary N) is 1. The van der Waals surface area contributed by atoms with Crippen LogP contribution in [-0.2, 0) is 12.8 Å². The molecule has 4 rings (SSSR count). The van der Waals surface area contributed by atoms with E-state index in [0.717, 1.165) is 48.2 Å². The first kappa shape index (κ1) is 20.6. The molecule has 5 nitrogen and oxygen atoms in total. The van der Waals surface area contributed by atoms with Crippen LogP contribution in [0.4, 0.5) is 5.00 Å². The average molecular weight is 422 g/mol. The molecule has 2 aromatic rings. The normalized spacial score (nSPS) is 16.8. The molecule has 0 atom stereocenters. The van der Waals surface area contributed by atoms with Gasteiger partial charge in [-0.05, 0) is 73.9 Å². The van der Waals surface area contributed by atoms with Gasteiger partial charge < -0.3 is 10.1 Å². The van der Waals surface area contributed by atoms with Crippen molar-refractivity contribution in [3.8, 4) is 11.8 Å². The van der Waals surface area contributed by atoms with E-state index in [9.17, 15) is 4.79 Å². The molecule has 1 N–H and O–H groups in total. The van der Waals surface area contributed by atoms with Crippen LogP contribution in [0.3, 0.4) is 0 Å². The van der Waals surface area contributed by atoms with Gasteiger partial charge in [0.15, 0.2) is 6.61 Å². The predicted molar refractivity (Wildman–Crippen MR) is 120 cm³/mol. The highest BCUT2D eigenvalue weighted by atomic mass is 32.1. The van der Waals surface area contributed by atoms with E-state index in [4.69, 9.17) is 15.0 Å². The predicted octanol–water partition coefficient (Wildman–Crippen LogP) is 5.34. The Labute approximate surface area is 181 Å². The maximum Gasteiger partial charge on any atom is 0.254 e. The van der Waals surface area contributed by atoms with E-state index in [2.05, 4.69) is 5.32 Å². The van der Waals surface area contributed by atoms with Crippen LogP contribution in [0.1, 0.15) is 71.3 Å². The molecule has 0 bridgehead atoms. The second kappa shape index (κ2) is 9.90. The third-order valence-electron chi connectivity index (χ3n) is 5.83. The van der Waals surface area contributed by atoms with Gasteiger partial charge in [0.1, 0.15) is 16.8 Å². The van der Waals surface area contributed by atoms with Crippen molar-refractivity contribution < 1.29 is 9.53 Å². The number of benzene rings is 1. The molecule has 1 aromatic heterocycles. The number of aryl methyl sites for hydroxylation is 1. The zero-order chi connectivity index (χ0) is 20.8. The van der Waals surface area contributed by atoms with Gasteiger partial charge in [-0.15, -0.1) is 11.3 Å². The molecule has 1 heterocycles. The fourth-order valence-corrected chi connectivity index (χ4v) is 5.51. The van der Waals surface area contributed by atoms with Crippen molar-refractivity contribution in [3.05, 3.63) is 45.8 Å². The van der Waals surface area contributed by atoms with Gasteiger partial charge in [-0.1, -0.05) is 19.3 Å². The van der Waals surface area contributed by atoms with Crippen molar-refractivity contribution >= 4 is 28.5 Å². The Morgan fingerprint density at radius 3 is 2.70 bits per heavy atom. The van der Waals surface area contributed by atoms with E-state index in [1.54, 1.807) is 11.3 Å².